The number of nitrogens with zero attached hydrogens (tertiary/aromatic N) is 6. The molecular weight excluding hydrogens is 545 g/mol. The molecule has 0 radical (unpaired) electrons. The number of amides is 1. The molecule has 0 aliphatic carbocycles. The van der Waals surface area contributed by atoms with Crippen LogP contribution in [0.1, 0.15) is 33.6 Å². The van der Waals surface area contributed by atoms with Gasteiger partial charge in [0, 0.05) is 51.2 Å². The van der Waals surface area contributed by atoms with Gasteiger partial charge in [-0.2, -0.15) is 0 Å². The Morgan fingerprint density at radius 2 is 1.92 bits per heavy atom. The van der Waals surface area contributed by atoms with E-state index in [-0.39, 0.29) is 12.9 Å². The van der Waals surface area contributed by atoms with Gasteiger partial charge in [-0.15, -0.1) is 11.3 Å². The summed E-state index contributed by atoms with van der Waals surface area (Å²) in [5.41, 5.74) is 2.90. The first-order chi connectivity index (χ1) is 18.2. The lowest BCUT2D eigenvalue weighted by molar-refractivity contribution is 0.0205. The summed E-state index contributed by atoms with van der Waals surface area (Å²) < 4.78 is 16.5. The average Bonchev–Trinajstić information content (AvgIpc) is 3.63. The van der Waals surface area contributed by atoms with Crippen LogP contribution < -0.4 is 9.64 Å². The summed E-state index contributed by atoms with van der Waals surface area (Å²) >= 11 is 4.60. The third kappa shape index (κ3) is 5.90. The zero-order valence-electron chi connectivity index (χ0n) is 22.0. The van der Waals surface area contributed by atoms with Crippen LogP contribution in [0, 0.1) is 0 Å². The predicted octanol–water partition coefficient (Wildman–Crippen LogP) is 5.76. The monoisotopic (exact) mass is 574 g/mol. The summed E-state index contributed by atoms with van der Waals surface area (Å²) in [4.78, 5) is 37.7. The van der Waals surface area contributed by atoms with Crippen molar-refractivity contribution in [1.29, 1.82) is 0 Å². The number of aromatic nitrogens is 4. The summed E-state index contributed by atoms with van der Waals surface area (Å²) in [6, 6.07) is 2.24. The number of fused-ring (bicyclic) bond motifs is 1. The molecule has 38 heavy (non-hydrogen) atoms. The van der Waals surface area contributed by atoms with Gasteiger partial charge in [-0.1, -0.05) is 22.7 Å². The zero-order chi connectivity index (χ0) is 26.9. The number of hydrogen-bond donors (Lipinski definition) is 0. The lowest BCUT2D eigenvalue weighted by atomic mass is 10.0. The number of pyridine rings is 1. The highest BCUT2D eigenvalue weighted by Crippen LogP contribution is 2.40. The standard InChI is InChI=1S/C25H30N6O4S3/c1-25(2,3)35-24(32)31-8-6-16(7-9-31)30(4)23-29-22-21(38-23)28-20(37-22)19-17(34-14-33-5)10-15(11-27-19)18-12-26-13-36-18/h10-13,16H,6-9,14H2,1-5H3. The fourth-order valence-electron chi connectivity index (χ4n) is 4.13. The molecule has 5 heterocycles. The van der Waals surface area contributed by atoms with E-state index in [0.717, 1.165) is 43.1 Å². The predicted molar refractivity (Wildman–Crippen MR) is 151 cm³/mol. The van der Waals surface area contributed by atoms with Crippen LogP contribution in [-0.4, -0.2) is 76.6 Å². The van der Waals surface area contributed by atoms with E-state index in [2.05, 4.69) is 21.9 Å². The summed E-state index contributed by atoms with van der Waals surface area (Å²) in [6.07, 6.45) is 5.10. The van der Waals surface area contributed by atoms with Crippen molar-refractivity contribution in [3.8, 4) is 26.9 Å². The average molecular weight is 575 g/mol. The fraction of sp³-hybridized carbons (Fsp3) is 0.480. The number of piperidine rings is 1. The lowest BCUT2D eigenvalue weighted by Crippen LogP contribution is -2.47. The SMILES string of the molecule is COCOc1cc(-c2cncs2)cnc1-c1nc2sc(N(C)C3CCN(C(=O)OC(C)(C)C)CC3)nc2s1. The highest BCUT2D eigenvalue weighted by Gasteiger charge is 2.30. The molecule has 0 unspecified atom stereocenters. The van der Waals surface area contributed by atoms with Crippen LogP contribution in [0.15, 0.2) is 24.0 Å². The van der Waals surface area contributed by atoms with E-state index in [1.165, 1.54) is 11.3 Å². The highest BCUT2D eigenvalue weighted by atomic mass is 32.1. The minimum absolute atomic E-state index is 0.112. The van der Waals surface area contributed by atoms with Gasteiger partial charge < -0.3 is 24.0 Å². The molecule has 0 N–H and O–H groups in total. The van der Waals surface area contributed by atoms with Crippen LogP contribution in [0.3, 0.4) is 0 Å². The Hall–Kier alpha value is -2.87. The first kappa shape index (κ1) is 26.7. The lowest BCUT2D eigenvalue weighted by Gasteiger charge is -2.37. The Morgan fingerprint density at radius 1 is 1.16 bits per heavy atom. The van der Waals surface area contributed by atoms with Crippen LogP contribution in [0.4, 0.5) is 9.93 Å². The molecule has 0 aromatic carbocycles. The smallest absolute Gasteiger partial charge is 0.410 e. The summed E-state index contributed by atoms with van der Waals surface area (Å²) in [5.74, 6) is 0.605. The molecule has 0 saturated carbocycles. The van der Waals surface area contributed by atoms with E-state index in [1.807, 2.05) is 39.2 Å². The molecule has 13 heteroatoms. The van der Waals surface area contributed by atoms with Crippen molar-refractivity contribution in [2.45, 2.75) is 45.3 Å². The molecule has 4 aromatic heterocycles. The van der Waals surface area contributed by atoms with E-state index >= 15 is 0 Å². The number of carbonyl (C=O) groups is 1. The first-order valence-corrected chi connectivity index (χ1v) is 14.7. The minimum Gasteiger partial charge on any atom is -0.465 e. The number of methoxy groups -OCH3 is 1. The van der Waals surface area contributed by atoms with Crippen molar-refractivity contribution in [2.24, 2.45) is 0 Å². The topological polar surface area (TPSA) is 103 Å². The van der Waals surface area contributed by atoms with Crippen LogP contribution in [0.5, 0.6) is 5.75 Å². The second kappa shape index (κ2) is 11.1. The second-order valence-corrected chi connectivity index (χ2v) is 12.7. The van der Waals surface area contributed by atoms with Gasteiger partial charge in [0.25, 0.3) is 0 Å². The molecule has 1 fully saturated rings. The Bertz CT molecular complexity index is 1360. The molecule has 1 amide bonds. The molecular formula is C25H30N6O4S3. The van der Waals surface area contributed by atoms with Gasteiger partial charge >= 0.3 is 6.09 Å². The first-order valence-electron chi connectivity index (χ1n) is 12.2. The summed E-state index contributed by atoms with van der Waals surface area (Å²) in [7, 11) is 3.65. The molecule has 10 nitrogen and oxygen atoms in total. The van der Waals surface area contributed by atoms with Crippen molar-refractivity contribution >= 4 is 54.9 Å². The number of carbonyl (C=O) groups excluding carboxylic acids is 1. The van der Waals surface area contributed by atoms with Crippen molar-refractivity contribution in [2.75, 3.05) is 38.9 Å². The third-order valence-corrected chi connectivity index (χ3v) is 8.98. The molecule has 1 aliphatic rings. The molecule has 0 spiro atoms. The normalized spacial score (nSPS) is 14.7. The van der Waals surface area contributed by atoms with Crippen molar-refractivity contribution in [3.05, 3.63) is 24.0 Å². The number of rotatable bonds is 7. The summed E-state index contributed by atoms with van der Waals surface area (Å²) in [6.45, 7) is 7.11. The Balaban J connectivity index is 1.30. The fourth-order valence-corrected chi connectivity index (χ4v) is 6.81. The summed E-state index contributed by atoms with van der Waals surface area (Å²) in [5, 5.41) is 1.67. The van der Waals surface area contributed by atoms with E-state index in [4.69, 9.17) is 24.2 Å². The van der Waals surface area contributed by atoms with Crippen molar-refractivity contribution < 1.29 is 19.0 Å². The van der Waals surface area contributed by atoms with Crippen LogP contribution in [-0.2, 0) is 9.47 Å². The number of hydrogen-bond acceptors (Lipinski definition) is 12. The Morgan fingerprint density at radius 3 is 2.58 bits per heavy atom. The van der Waals surface area contributed by atoms with E-state index < -0.39 is 5.60 Å². The van der Waals surface area contributed by atoms with E-state index in [0.29, 0.717) is 30.6 Å². The zero-order valence-corrected chi connectivity index (χ0v) is 24.4. The van der Waals surface area contributed by atoms with Gasteiger partial charge in [0.05, 0.1) is 10.4 Å². The Kier molecular flexibility index (Phi) is 7.80. The molecule has 202 valence electrons. The molecule has 4 aromatic rings. The molecule has 5 rings (SSSR count). The number of ether oxygens (including phenoxy) is 3. The molecule has 1 saturated heterocycles. The second-order valence-electron chi connectivity index (χ2n) is 9.92. The van der Waals surface area contributed by atoms with Gasteiger partial charge in [-0.3, -0.25) is 4.98 Å². The number of thiazole rings is 3. The van der Waals surface area contributed by atoms with E-state index in [1.54, 1.807) is 40.2 Å². The van der Waals surface area contributed by atoms with Gasteiger partial charge in [0.2, 0.25) is 0 Å². The minimum atomic E-state index is -0.487. The van der Waals surface area contributed by atoms with E-state index in [9.17, 15) is 4.79 Å². The highest BCUT2D eigenvalue weighted by molar-refractivity contribution is 7.29. The quantitative estimate of drug-likeness (QED) is 0.255. The molecule has 0 bridgehead atoms. The van der Waals surface area contributed by atoms with Crippen molar-refractivity contribution in [3.63, 3.8) is 0 Å². The van der Waals surface area contributed by atoms with Crippen LogP contribution >= 0.6 is 34.0 Å². The van der Waals surface area contributed by atoms with Crippen LogP contribution in [0.2, 0.25) is 0 Å². The van der Waals surface area contributed by atoms with Gasteiger partial charge in [0.15, 0.2) is 27.3 Å². The third-order valence-electron chi connectivity index (χ3n) is 6.03. The van der Waals surface area contributed by atoms with Gasteiger partial charge in [0.1, 0.15) is 16.3 Å². The van der Waals surface area contributed by atoms with Crippen molar-refractivity contribution in [1.82, 2.24) is 24.8 Å². The molecule has 0 atom stereocenters. The van der Waals surface area contributed by atoms with Gasteiger partial charge in [-0.05, 0) is 39.7 Å². The maximum atomic E-state index is 12.4. The number of anilines is 1. The molecule has 1 aliphatic heterocycles. The van der Waals surface area contributed by atoms with Gasteiger partial charge in [-0.25, -0.2) is 19.7 Å². The maximum Gasteiger partial charge on any atom is 0.410 e. The Labute approximate surface area is 233 Å². The largest absolute Gasteiger partial charge is 0.465 e. The number of likely N-dealkylation sites (tertiary alicyclic amines) is 1. The maximum absolute atomic E-state index is 12.4. The van der Waals surface area contributed by atoms with Crippen LogP contribution in [0.25, 0.3) is 30.8 Å².